The maximum Gasteiger partial charge on any atom is 0.338 e. The van der Waals surface area contributed by atoms with Crippen LogP contribution in [0.1, 0.15) is 38.1 Å². The number of carboxylic acids is 1. The van der Waals surface area contributed by atoms with E-state index in [2.05, 4.69) is 18.7 Å². The van der Waals surface area contributed by atoms with Gasteiger partial charge in [0.25, 0.3) is 0 Å². The molecule has 0 aliphatic heterocycles. The van der Waals surface area contributed by atoms with Gasteiger partial charge in [-0.3, -0.25) is 4.79 Å². The molecule has 0 aliphatic carbocycles. The topological polar surface area (TPSA) is 92.9 Å². The predicted octanol–water partition coefficient (Wildman–Crippen LogP) is 2.49. The summed E-state index contributed by atoms with van der Waals surface area (Å²) in [6.07, 6.45) is 0. The Morgan fingerprint density at radius 3 is 2.04 bits per heavy atom. The van der Waals surface area contributed by atoms with Crippen molar-refractivity contribution in [2.45, 2.75) is 27.7 Å². The Balaban J connectivity index is 0.000000688. The molecule has 0 aromatic heterocycles. The van der Waals surface area contributed by atoms with E-state index in [1.165, 1.54) is 0 Å². The first-order valence-electron chi connectivity index (χ1n) is 7.79. The average molecular weight is 324 g/mol. The van der Waals surface area contributed by atoms with E-state index in [4.69, 9.17) is 15.6 Å². The summed E-state index contributed by atoms with van der Waals surface area (Å²) in [7, 11) is 0. The minimum Gasteiger partial charge on any atom is -0.481 e. The van der Waals surface area contributed by atoms with Gasteiger partial charge in [0.1, 0.15) is 6.61 Å². The summed E-state index contributed by atoms with van der Waals surface area (Å²) in [5, 5.41) is 7.99. The van der Waals surface area contributed by atoms with Crippen molar-refractivity contribution >= 4 is 17.6 Å². The van der Waals surface area contributed by atoms with Crippen LogP contribution in [0.25, 0.3) is 0 Å². The van der Waals surface area contributed by atoms with Crippen LogP contribution in [0.4, 0.5) is 5.69 Å². The molecule has 130 valence electrons. The predicted molar refractivity (Wildman–Crippen MR) is 91.4 cm³/mol. The Bertz CT molecular complexity index is 468. The van der Waals surface area contributed by atoms with E-state index in [0.29, 0.717) is 17.9 Å². The lowest BCUT2D eigenvalue weighted by Crippen LogP contribution is -2.27. The van der Waals surface area contributed by atoms with Gasteiger partial charge in [0, 0.05) is 12.2 Å². The monoisotopic (exact) mass is 324 g/mol. The lowest BCUT2D eigenvalue weighted by molar-refractivity contribution is -0.140. The molecule has 0 spiro atoms. The van der Waals surface area contributed by atoms with Gasteiger partial charge in [-0.1, -0.05) is 27.7 Å². The molecule has 0 fully saturated rings. The average Bonchev–Trinajstić information content (AvgIpc) is 2.52. The fraction of sp³-hybridized carbons (Fsp3) is 0.529. The summed E-state index contributed by atoms with van der Waals surface area (Å²) in [4.78, 5) is 23.5. The molecule has 0 aliphatic rings. The van der Waals surface area contributed by atoms with Gasteiger partial charge in [-0.15, -0.1) is 0 Å². The Morgan fingerprint density at radius 1 is 1.17 bits per heavy atom. The maximum absolute atomic E-state index is 11.6. The number of carbonyl (C=O) groups excluding carboxylic acids is 1. The Kier molecular flexibility index (Phi) is 10.4. The molecule has 0 amide bonds. The van der Waals surface area contributed by atoms with Gasteiger partial charge in [-0.05, 0) is 37.4 Å². The van der Waals surface area contributed by atoms with Crippen LogP contribution in [0.5, 0.6) is 0 Å². The number of esters is 1. The molecule has 1 rings (SSSR count). The normalized spacial score (nSPS) is 10.2. The first-order valence-corrected chi connectivity index (χ1v) is 7.79. The molecule has 23 heavy (non-hydrogen) atoms. The van der Waals surface area contributed by atoms with Gasteiger partial charge < -0.3 is 20.5 Å². The second kappa shape index (κ2) is 11.5. The fourth-order valence-corrected chi connectivity index (χ4v) is 1.51. The quantitative estimate of drug-likeness (QED) is 0.591. The third-order valence-corrected chi connectivity index (χ3v) is 3.18. The van der Waals surface area contributed by atoms with Gasteiger partial charge in [-0.2, -0.15) is 0 Å². The highest BCUT2D eigenvalue weighted by Crippen LogP contribution is 2.06. The van der Waals surface area contributed by atoms with E-state index in [1.54, 1.807) is 38.1 Å². The molecule has 3 N–H and O–H groups in total. The van der Waals surface area contributed by atoms with E-state index >= 15 is 0 Å². The van der Waals surface area contributed by atoms with Crippen molar-refractivity contribution in [3.63, 3.8) is 0 Å². The molecule has 6 heteroatoms. The minimum absolute atomic E-state index is 0.231. The number of hydrogen-bond donors (Lipinski definition) is 2. The van der Waals surface area contributed by atoms with Crippen LogP contribution >= 0.6 is 0 Å². The van der Waals surface area contributed by atoms with E-state index in [0.717, 1.165) is 19.6 Å². The molecular weight excluding hydrogens is 296 g/mol. The lowest BCUT2D eigenvalue weighted by Gasteiger charge is -2.17. The summed E-state index contributed by atoms with van der Waals surface area (Å²) < 4.78 is 5.18. The largest absolute Gasteiger partial charge is 0.481 e. The van der Waals surface area contributed by atoms with E-state index in [-0.39, 0.29) is 11.9 Å². The number of hydrogen-bond acceptors (Lipinski definition) is 5. The zero-order valence-electron chi connectivity index (χ0n) is 14.4. The minimum atomic E-state index is -0.741. The number of carbonyl (C=O) groups is 2. The zero-order chi connectivity index (χ0) is 17.8. The van der Waals surface area contributed by atoms with E-state index < -0.39 is 5.97 Å². The number of aliphatic carboxylic acids is 1. The van der Waals surface area contributed by atoms with Crippen molar-refractivity contribution in [1.82, 2.24) is 4.90 Å². The molecular formula is C17H28N2O4. The van der Waals surface area contributed by atoms with Crippen molar-refractivity contribution in [3.8, 4) is 0 Å². The highest BCUT2D eigenvalue weighted by molar-refractivity contribution is 5.89. The third-order valence-electron chi connectivity index (χ3n) is 3.18. The van der Waals surface area contributed by atoms with Crippen LogP contribution in [0.3, 0.4) is 0 Å². The molecule has 0 saturated heterocycles. The van der Waals surface area contributed by atoms with Gasteiger partial charge in [0.2, 0.25) is 0 Å². The number of benzene rings is 1. The first-order chi connectivity index (χ1) is 10.8. The summed E-state index contributed by atoms with van der Waals surface area (Å²) in [5.74, 6) is -1.27. The third kappa shape index (κ3) is 9.52. The maximum atomic E-state index is 11.6. The number of carboxylic acid groups (broad SMARTS) is 1. The molecule has 0 radical (unpaired) electrons. The van der Waals surface area contributed by atoms with Crippen molar-refractivity contribution in [1.29, 1.82) is 0 Å². The Morgan fingerprint density at radius 2 is 1.65 bits per heavy atom. The molecule has 0 atom stereocenters. The van der Waals surface area contributed by atoms with E-state index in [9.17, 15) is 9.59 Å². The second-order valence-electron chi connectivity index (χ2n) is 5.28. The standard InChI is InChI=1S/C13H20N2O2.C4H8O2/c1-3-15(4-2)9-10-17-13(16)11-5-7-12(14)8-6-11;1-3(2)4(5)6/h5-8H,3-4,9-10,14H2,1-2H3;3H,1-2H3,(H,5,6). The molecule has 0 unspecified atom stereocenters. The van der Waals surface area contributed by atoms with Crippen molar-refractivity contribution < 1.29 is 19.4 Å². The highest BCUT2D eigenvalue weighted by Gasteiger charge is 2.07. The second-order valence-corrected chi connectivity index (χ2v) is 5.28. The first kappa shape index (κ1) is 20.9. The summed E-state index contributed by atoms with van der Waals surface area (Å²) in [6, 6.07) is 6.74. The van der Waals surface area contributed by atoms with Crippen LogP contribution in [0.2, 0.25) is 0 Å². The number of rotatable bonds is 7. The molecule has 1 aromatic carbocycles. The molecule has 1 aromatic rings. The van der Waals surface area contributed by atoms with Crippen LogP contribution in [0.15, 0.2) is 24.3 Å². The zero-order valence-corrected chi connectivity index (χ0v) is 14.4. The van der Waals surface area contributed by atoms with Crippen molar-refractivity contribution in [3.05, 3.63) is 29.8 Å². The summed E-state index contributed by atoms with van der Waals surface area (Å²) in [5.41, 5.74) is 6.73. The lowest BCUT2D eigenvalue weighted by atomic mass is 10.2. The van der Waals surface area contributed by atoms with Crippen LogP contribution < -0.4 is 5.73 Å². The van der Waals surface area contributed by atoms with Gasteiger partial charge in [0.05, 0.1) is 11.5 Å². The molecule has 0 saturated carbocycles. The summed E-state index contributed by atoms with van der Waals surface area (Å²) >= 11 is 0. The SMILES string of the molecule is CC(C)C(=O)O.CCN(CC)CCOC(=O)c1ccc(N)cc1. The molecule has 6 nitrogen and oxygen atoms in total. The molecule has 0 bridgehead atoms. The van der Waals surface area contributed by atoms with Gasteiger partial charge in [-0.25, -0.2) is 4.79 Å². The number of likely N-dealkylation sites (N-methyl/N-ethyl adjacent to an activating group) is 1. The molecule has 0 heterocycles. The Hall–Kier alpha value is -2.08. The van der Waals surface area contributed by atoms with Crippen molar-refractivity contribution in [2.24, 2.45) is 5.92 Å². The summed E-state index contributed by atoms with van der Waals surface area (Å²) in [6.45, 7) is 10.6. The van der Waals surface area contributed by atoms with Crippen LogP contribution in [-0.4, -0.2) is 48.2 Å². The van der Waals surface area contributed by atoms with Crippen LogP contribution in [0, 0.1) is 5.92 Å². The number of nitrogen functional groups attached to an aromatic ring is 1. The van der Waals surface area contributed by atoms with Gasteiger partial charge in [0.15, 0.2) is 0 Å². The number of anilines is 1. The Labute approximate surface area is 138 Å². The fourth-order valence-electron chi connectivity index (χ4n) is 1.51. The van der Waals surface area contributed by atoms with Crippen LogP contribution in [-0.2, 0) is 9.53 Å². The number of nitrogens with two attached hydrogens (primary N) is 1. The smallest absolute Gasteiger partial charge is 0.338 e. The highest BCUT2D eigenvalue weighted by atomic mass is 16.5. The van der Waals surface area contributed by atoms with Gasteiger partial charge >= 0.3 is 11.9 Å². The van der Waals surface area contributed by atoms with E-state index in [1.807, 2.05) is 0 Å². The van der Waals surface area contributed by atoms with Crippen molar-refractivity contribution in [2.75, 3.05) is 32.0 Å². The number of ether oxygens (including phenoxy) is 1. The number of nitrogens with zero attached hydrogens (tertiary/aromatic N) is 1.